The number of ether oxygens (including phenoxy) is 1. The maximum Gasteiger partial charge on any atom is 0.328 e. The van der Waals surface area contributed by atoms with Crippen LogP contribution in [0.25, 0.3) is 22.4 Å². The molecule has 0 aliphatic carbocycles. The fraction of sp³-hybridized carbons (Fsp3) is 0.364. The molecule has 3 aliphatic rings. The Morgan fingerprint density at radius 2 is 1.88 bits per heavy atom. The summed E-state index contributed by atoms with van der Waals surface area (Å²) in [5.74, 6) is -1.38. The smallest absolute Gasteiger partial charge is 0.328 e. The molecule has 0 aromatic carbocycles. The standard InChI is InChI=1S/C22H19ClN6O5.H2/c1-9-8-29-16-12(7-22(18(29)10(2)33-9)19(30)26-21(32)27-20(22)31)25-15-14(11-3-5-24-6-4-11)28-34-17(15)13(16)23;/h3-6,9-10,18H,7-8H2,1-2H3,(H2,26,27,30,31,32);1H/t9-,10+,18-;/m1./s1. The number of carbonyl (C=O) groups is 3. The number of fused-ring (bicyclic) bond motifs is 5. The third kappa shape index (κ3) is 2.74. The third-order valence-electron chi connectivity index (χ3n) is 6.73. The Morgan fingerprint density at radius 3 is 2.59 bits per heavy atom. The van der Waals surface area contributed by atoms with Gasteiger partial charge in [-0.05, 0) is 26.0 Å². The molecule has 6 heterocycles. The van der Waals surface area contributed by atoms with Gasteiger partial charge in [0.2, 0.25) is 17.4 Å². The van der Waals surface area contributed by atoms with Crippen molar-refractivity contribution in [2.24, 2.45) is 5.41 Å². The van der Waals surface area contributed by atoms with E-state index < -0.39 is 35.4 Å². The summed E-state index contributed by atoms with van der Waals surface area (Å²) < 4.78 is 11.6. The number of anilines is 1. The van der Waals surface area contributed by atoms with Crippen molar-refractivity contribution in [3.05, 3.63) is 35.2 Å². The molecular weight excluding hydrogens is 464 g/mol. The number of aromatic nitrogens is 3. The molecule has 4 amide bonds. The average Bonchev–Trinajstić information content (AvgIpc) is 3.21. The van der Waals surface area contributed by atoms with Crippen LogP contribution in [-0.4, -0.2) is 57.8 Å². The van der Waals surface area contributed by atoms with Crippen LogP contribution in [-0.2, 0) is 20.7 Å². The number of hydrogen-bond donors (Lipinski definition) is 2. The molecule has 0 saturated carbocycles. The normalized spacial score (nSPS) is 25.7. The molecule has 2 saturated heterocycles. The van der Waals surface area contributed by atoms with E-state index in [9.17, 15) is 14.4 Å². The van der Waals surface area contributed by atoms with Crippen LogP contribution in [0.15, 0.2) is 29.0 Å². The molecule has 3 aromatic heterocycles. The summed E-state index contributed by atoms with van der Waals surface area (Å²) in [5.41, 5.74) is 1.28. The van der Waals surface area contributed by atoms with Crippen LogP contribution in [0.5, 0.6) is 0 Å². The zero-order valence-corrected chi connectivity index (χ0v) is 18.9. The number of barbiturate groups is 1. The Bertz CT molecular complexity index is 1360. The molecular formula is C22H21ClN6O5. The van der Waals surface area contributed by atoms with Gasteiger partial charge in [-0.2, -0.15) is 0 Å². The highest BCUT2D eigenvalue weighted by Crippen LogP contribution is 2.50. The summed E-state index contributed by atoms with van der Waals surface area (Å²) in [5, 5.41) is 8.99. The number of pyridine rings is 2. The van der Waals surface area contributed by atoms with Crippen LogP contribution in [0.3, 0.4) is 0 Å². The number of hydrogen-bond acceptors (Lipinski definition) is 9. The third-order valence-corrected chi connectivity index (χ3v) is 7.08. The average molecular weight is 485 g/mol. The largest absolute Gasteiger partial charge is 0.372 e. The maximum atomic E-state index is 13.3. The van der Waals surface area contributed by atoms with Crippen molar-refractivity contribution in [2.75, 3.05) is 11.4 Å². The van der Waals surface area contributed by atoms with Gasteiger partial charge in [0, 0.05) is 32.3 Å². The molecule has 34 heavy (non-hydrogen) atoms. The second-order valence-electron chi connectivity index (χ2n) is 8.80. The van der Waals surface area contributed by atoms with E-state index in [2.05, 4.69) is 20.8 Å². The number of nitrogens with zero attached hydrogens (tertiary/aromatic N) is 4. The zero-order chi connectivity index (χ0) is 23.8. The van der Waals surface area contributed by atoms with E-state index in [1.165, 1.54) is 0 Å². The Balaban J connectivity index is 0.00000253. The first-order chi connectivity index (χ1) is 16.3. The lowest BCUT2D eigenvalue weighted by molar-refractivity contribution is -0.153. The number of urea groups is 1. The van der Waals surface area contributed by atoms with Gasteiger partial charge in [0.05, 0.1) is 29.6 Å². The number of rotatable bonds is 1. The van der Waals surface area contributed by atoms with Gasteiger partial charge in [-0.25, -0.2) is 9.78 Å². The van der Waals surface area contributed by atoms with Crippen LogP contribution >= 0.6 is 11.6 Å². The quantitative estimate of drug-likeness (QED) is 0.496. The van der Waals surface area contributed by atoms with E-state index in [1.54, 1.807) is 31.5 Å². The number of carbonyl (C=O) groups excluding carboxylic acids is 3. The lowest BCUT2D eigenvalue weighted by Crippen LogP contribution is -2.75. The van der Waals surface area contributed by atoms with E-state index >= 15 is 0 Å². The van der Waals surface area contributed by atoms with E-state index in [1.807, 2.05) is 11.8 Å². The van der Waals surface area contributed by atoms with Gasteiger partial charge < -0.3 is 14.2 Å². The molecule has 0 unspecified atom stereocenters. The molecule has 12 heteroatoms. The van der Waals surface area contributed by atoms with Crippen molar-refractivity contribution >= 4 is 46.2 Å². The first kappa shape index (κ1) is 21.0. The first-order valence-corrected chi connectivity index (χ1v) is 11.2. The summed E-state index contributed by atoms with van der Waals surface area (Å²) in [7, 11) is 0. The van der Waals surface area contributed by atoms with Gasteiger partial charge in [-0.1, -0.05) is 16.8 Å². The topological polar surface area (TPSA) is 140 Å². The fourth-order valence-electron chi connectivity index (χ4n) is 5.46. The highest BCUT2D eigenvalue weighted by Gasteiger charge is 2.63. The SMILES string of the molecule is C[C@@H]1CN2c3c(nc4c(-c5ccncc5)noc4c3Cl)CC3(C(=O)NC(=O)NC3=O)[C@H]2[C@H](C)O1.[HH]. The lowest BCUT2D eigenvalue weighted by atomic mass is 9.67. The Labute approximate surface area is 199 Å². The molecule has 2 N–H and O–H groups in total. The molecule has 2 fully saturated rings. The van der Waals surface area contributed by atoms with Crippen molar-refractivity contribution in [3.8, 4) is 11.3 Å². The van der Waals surface area contributed by atoms with Crippen molar-refractivity contribution < 1.29 is 25.1 Å². The number of nitrogens with one attached hydrogen (secondary N) is 2. The molecule has 11 nitrogen and oxygen atoms in total. The van der Waals surface area contributed by atoms with Crippen LogP contribution < -0.4 is 15.5 Å². The molecule has 1 spiro atoms. The summed E-state index contributed by atoms with van der Waals surface area (Å²) in [6.07, 6.45) is 2.45. The van der Waals surface area contributed by atoms with Crippen LogP contribution in [0.2, 0.25) is 5.02 Å². The van der Waals surface area contributed by atoms with Gasteiger partial charge >= 0.3 is 6.03 Å². The Kier molecular flexibility index (Phi) is 4.45. The van der Waals surface area contributed by atoms with E-state index in [4.69, 9.17) is 25.8 Å². The molecule has 0 bridgehead atoms. The lowest BCUT2D eigenvalue weighted by Gasteiger charge is -2.55. The molecule has 3 atom stereocenters. The van der Waals surface area contributed by atoms with Gasteiger partial charge in [-0.3, -0.25) is 25.2 Å². The van der Waals surface area contributed by atoms with Crippen molar-refractivity contribution in [3.63, 3.8) is 0 Å². The van der Waals surface area contributed by atoms with E-state index in [0.29, 0.717) is 39.7 Å². The monoisotopic (exact) mass is 484 g/mol. The van der Waals surface area contributed by atoms with E-state index in [0.717, 1.165) is 5.56 Å². The molecule has 176 valence electrons. The second-order valence-corrected chi connectivity index (χ2v) is 9.18. The fourth-order valence-corrected chi connectivity index (χ4v) is 5.80. The predicted molar refractivity (Wildman–Crippen MR) is 121 cm³/mol. The maximum absolute atomic E-state index is 13.3. The summed E-state index contributed by atoms with van der Waals surface area (Å²) in [6.45, 7) is 4.05. The summed E-state index contributed by atoms with van der Waals surface area (Å²) in [4.78, 5) is 49.2. The van der Waals surface area contributed by atoms with Crippen molar-refractivity contribution in [1.29, 1.82) is 0 Å². The van der Waals surface area contributed by atoms with Gasteiger partial charge in [-0.15, -0.1) is 0 Å². The van der Waals surface area contributed by atoms with Crippen molar-refractivity contribution in [2.45, 2.75) is 38.5 Å². The van der Waals surface area contributed by atoms with Crippen molar-refractivity contribution in [1.82, 2.24) is 25.8 Å². The van der Waals surface area contributed by atoms with Crippen LogP contribution in [0, 0.1) is 5.41 Å². The van der Waals surface area contributed by atoms with Crippen LogP contribution in [0.1, 0.15) is 21.0 Å². The summed E-state index contributed by atoms with van der Waals surface area (Å²) >= 11 is 6.88. The predicted octanol–water partition coefficient (Wildman–Crippen LogP) is 2.07. The molecule has 3 aromatic rings. The number of amides is 4. The highest BCUT2D eigenvalue weighted by molar-refractivity contribution is 6.38. The second kappa shape index (κ2) is 7.21. The Morgan fingerprint density at radius 1 is 1.18 bits per heavy atom. The van der Waals surface area contributed by atoms with Gasteiger partial charge in [0.1, 0.15) is 16.2 Å². The first-order valence-electron chi connectivity index (χ1n) is 10.8. The van der Waals surface area contributed by atoms with E-state index in [-0.39, 0.29) is 14.0 Å². The molecule has 3 aliphatic heterocycles. The Hall–Kier alpha value is -3.57. The minimum absolute atomic E-state index is 0. The van der Waals surface area contributed by atoms with Crippen LogP contribution in [0.4, 0.5) is 10.5 Å². The number of morpholine rings is 1. The summed E-state index contributed by atoms with van der Waals surface area (Å²) in [6, 6.07) is 1.96. The highest BCUT2D eigenvalue weighted by atomic mass is 35.5. The minimum Gasteiger partial charge on any atom is -0.372 e. The number of imide groups is 2. The zero-order valence-electron chi connectivity index (χ0n) is 18.2. The minimum atomic E-state index is -1.64. The van der Waals surface area contributed by atoms with Gasteiger partial charge in [0.15, 0.2) is 5.41 Å². The number of halogens is 1. The van der Waals surface area contributed by atoms with Gasteiger partial charge in [0.25, 0.3) is 0 Å². The molecule has 6 rings (SSSR count). The molecule has 0 radical (unpaired) electrons.